The Labute approximate surface area is 109 Å². The summed E-state index contributed by atoms with van der Waals surface area (Å²) in [6, 6.07) is 1.92. The molecule has 0 aliphatic heterocycles. The highest BCUT2D eigenvalue weighted by atomic mass is 16.5. The molecule has 1 aliphatic rings. The van der Waals surface area contributed by atoms with Gasteiger partial charge in [-0.05, 0) is 12.8 Å². The van der Waals surface area contributed by atoms with E-state index in [-0.39, 0.29) is 5.91 Å². The molecule has 1 aliphatic carbocycles. The molecule has 0 atom stereocenters. The Kier molecular flexibility index (Phi) is 5.62. The minimum absolute atomic E-state index is 0.0285. The number of carbonyl (C=O) groups excluding carboxylic acids is 1. The number of nitrogens with zero attached hydrogens (tertiary/aromatic N) is 1. The number of carbonyl (C=O) groups is 1. The smallest absolute Gasteiger partial charge is 0.224 e. The SMILES string of the molecule is CC.CCC(=O)Nc1cnc(C2CC2)cc1OC. The molecule has 4 nitrogen and oxygen atoms in total. The predicted molar refractivity (Wildman–Crippen MR) is 73.0 cm³/mol. The molecule has 1 N–H and O–H groups in total. The fourth-order valence-corrected chi connectivity index (χ4v) is 1.56. The third kappa shape index (κ3) is 3.72. The van der Waals surface area contributed by atoms with E-state index in [1.165, 1.54) is 12.8 Å². The Morgan fingerprint density at radius 3 is 2.67 bits per heavy atom. The molecular formula is C14H22N2O2. The Bertz CT molecular complexity index is 401. The third-order valence-corrected chi connectivity index (χ3v) is 2.70. The van der Waals surface area contributed by atoms with Crippen molar-refractivity contribution in [3.63, 3.8) is 0 Å². The number of pyridine rings is 1. The lowest BCUT2D eigenvalue weighted by molar-refractivity contribution is -0.115. The molecule has 2 rings (SSSR count). The van der Waals surface area contributed by atoms with Gasteiger partial charge in [-0.2, -0.15) is 0 Å². The number of aromatic nitrogens is 1. The van der Waals surface area contributed by atoms with Crippen LogP contribution in [0.25, 0.3) is 0 Å². The van der Waals surface area contributed by atoms with Crippen LogP contribution in [-0.4, -0.2) is 18.0 Å². The molecule has 1 saturated carbocycles. The van der Waals surface area contributed by atoms with Gasteiger partial charge in [-0.3, -0.25) is 9.78 Å². The Hall–Kier alpha value is -1.58. The average molecular weight is 250 g/mol. The van der Waals surface area contributed by atoms with Crippen molar-refractivity contribution in [1.29, 1.82) is 0 Å². The van der Waals surface area contributed by atoms with E-state index in [0.29, 0.717) is 23.8 Å². The lowest BCUT2D eigenvalue weighted by atomic mass is 10.2. The highest BCUT2D eigenvalue weighted by Gasteiger charge is 2.25. The van der Waals surface area contributed by atoms with Crippen LogP contribution < -0.4 is 10.1 Å². The van der Waals surface area contributed by atoms with Gasteiger partial charge in [0.1, 0.15) is 11.4 Å². The maximum absolute atomic E-state index is 11.3. The monoisotopic (exact) mass is 250 g/mol. The van der Waals surface area contributed by atoms with E-state index in [9.17, 15) is 4.79 Å². The molecule has 100 valence electrons. The summed E-state index contributed by atoms with van der Waals surface area (Å²) in [7, 11) is 1.60. The zero-order valence-corrected chi connectivity index (χ0v) is 11.6. The zero-order valence-electron chi connectivity index (χ0n) is 11.6. The van der Waals surface area contributed by atoms with Crippen molar-refractivity contribution in [1.82, 2.24) is 4.98 Å². The number of anilines is 1. The third-order valence-electron chi connectivity index (χ3n) is 2.70. The summed E-state index contributed by atoms with van der Waals surface area (Å²) in [6.07, 6.45) is 4.54. The van der Waals surface area contributed by atoms with Gasteiger partial charge in [-0.1, -0.05) is 20.8 Å². The first-order valence-electron chi connectivity index (χ1n) is 6.58. The van der Waals surface area contributed by atoms with E-state index >= 15 is 0 Å². The van der Waals surface area contributed by atoms with E-state index in [1.54, 1.807) is 13.3 Å². The van der Waals surface area contributed by atoms with Crippen LogP contribution in [0.3, 0.4) is 0 Å². The van der Waals surface area contributed by atoms with Crippen LogP contribution in [0.1, 0.15) is 51.6 Å². The van der Waals surface area contributed by atoms with Crippen molar-refractivity contribution in [2.45, 2.75) is 46.0 Å². The number of hydrogen-bond acceptors (Lipinski definition) is 3. The summed E-state index contributed by atoms with van der Waals surface area (Å²) in [5.74, 6) is 1.25. The molecule has 0 unspecified atom stereocenters. The van der Waals surface area contributed by atoms with Crippen LogP contribution >= 0.6 is 0 Å². The summed E-state index contributed by atoms with van der Waals surface area (Å²) < 4.78 is 5.25. The van der Waals surface area contributed by atoms with Crippen LogP contribution in [0, 0.1) is 0 Å². The number of nitrogens with one attached hydrogen (secondary N) is 1. The molecule has 18 heavy (non-hydrogen) atoms. The normalized spacial score (nSPS) is 13.3. The van der Waals surface area contributed by atoms with Gasteiger partial charge in [-0.25, -0.2) is 0 Å². The molecule has 0 radical (unpaired) electrons. The van der Waals surface area contributed by atoms with E-state index in [0.717, 1.165) is 5.69 Å². The minimum atomic E-state index is -0.0285. The second kappa shape index (κ2) is 6.99. The standard InChI is InChI=1S/C12H16N2O2.C2H6/c1-3-12(15)14-10-7-13-9(8-4-5-8)6-11(10)16-2;1-2/h6-8H,3-5H2,1-2H3,(H,14,15);1-2H3. The molecule has 0 aromatic carbocycles. The van der Waals surface area contributed by atoms with Crippen molar-refractivity contribution in [2.24, 2.45) is 0 Å². The van der Waals surface area contributed by atoms with Crippen LogP contribution in [0.5, 0.6) is 5.75 Å². The average Bonchev–Trinajstić information content (AvgIpc) is 3.25. The van der Waals surface area contributed by atoms with Crippen molar-refractivity contribution in [3.05, 3.63) is 18.0 Å². The molecule has 1 fully saturated rings. The molecule has 0 spiro atoms. The number of methoxy groups -OCH3 is 1. The molecule has 1 aromatic rings. The molecule has 1 aromatic heterocycles. The lowest BCUT2D eigenvalue weighted by Crippen LogP contribution is -2.11. The Morgan fingerprint density at radius 1 is 1.50 bits per heavy atom. The van der Waals surface area contributed by atoms with E-state index in [2.05, 4.69) is 10.3 Å². The molecule has 1 heterocycles. The van der Waals surface area contributed by atoms with E-state index in [1.807, 2.05) is 26.8 Å². The highest BCUT2D eigenvalue weighted by Crippen LogP contribution is 2.41. The molecule has 4 heteroatoms. The van der Waals surface area contributed by atoms with Crippen molar-refractivity contribution >= 4 is 11.6 Å². The lowest BCUT2D eigenvalue weighted by Gasteiger charge is -2.10. The van der Waals surface area contributed by atoms with Gasteiger partial charge in [0.2, 0.25) is 5.91 Å². The van der Waals surface area contributed by atoms with Gasteiger partial charge in [0.05, 0.1) is 13.3 Å². The molecule has 1 amide bonds. The van der Waals surface area contributed by atoms with Crippen LogP contribution in [0.2, 0.25) is 0 Å². The first-order chi connectivity index (χ1) is 8.74. The minimum Gasteiger partial charge on any atom is -0.494 e. The van der Waals surface area contributed by atoms with E-state index in [4.69, 9.17) is 4.74 Å². The maximum Gasteiger partial charge on any atom is 0.224 e. The second-order valence-electron chi connectivity index (χ2n) is 3.99. The van der Waals surface area contributed by atoms with E-state index < -0.39 is 0 Å². The summed E-state index contributed by atoms with van der Waals surface area (Å²) in [4.78, 5) is 15.6. The highest BCUT2D eigenvalue weighted by molar-refractivity contribution is 5.91. The fourth-order valence-electron chi connectivity index (χ4n) is 1.56. The Balaban J connectivity index is 0.000000771. The largest absolute Gasteiger partial charge is 0.494 e. The van der Waals surface area contributed by atoms with Crippen molar-refractivity contribution < 1.29 is 9.53 Å². The summed E-state index contributed by atoms with van der Waals surface area (Å²) in [6.45, 7) is 5.81. The summed E-state index contributed by atoms with van der Waals surface area (Å²) in [5, 5.41) is 2.77. The van der Waals surface area contributed by atoms with Crippen LogP contribution in [0.4, 0.5) is 5.69 Å². The first kappa shape index (κ1) is 14.5. The number of rotatable bonds is 4. The van der Waals surface area contributed by atoms with Crippen molar-refractivity contribution in [3.8, 4) is 5.75 Å². The second-order valence-corrected chi connectivity index (χ2v) is 3.99. The zero-order chi connectivity index (χ0) is 13.5. The quantitative estimate of drug-likeness (QED) is 0.891. The topological polar surface area (TPSA) is 51.2 Å². The van der Waals surface area contributed by atoms with Gasteiger partial charge in [-0.15, -0.1) is 0 Å². The van der Waals surface area contributed by atoms with Crippen LogP contribution in [0.15, 0.2) is 12.3 Å². The summed E-state index contributed by atoms with van der Waals surface area (Å²) >= 11 is 0. The van der Waals surface area contributed by atoms with Gasteiger partial charge < -0.3 is 10.1 Å². The summed E-state index contributed by atoms with van der Waals surface area (Å²) in [5.41, 5.74) is 1.71. The number of ether oxygens (including phenoxy) is 1. The van der Waals surface area contributed by atoms with Gasteiger partial charge in [0.15, 0.2) is 0 Å². The predicted octanol–water partition coefficient (Wildman–Crippen LogP) is 3.34. The van der Waals surface area contributed by atoms with Gasteiger partial charge >= 0.3 is 0 Å². The van der Waals surface area contributed by atoms with Crippen molar-refractivity contribution in [2.75, 3.05) is 12.4 Å². The number of amides is 1. The van der Waals surface area contributed by atoms with Gasteiger partial charge in [0, 0.05) is 24.1 Å². The molecular weight excluding hydrogens is 228 g/mol. The maximum atomic E-state index is 11.3. The number of hydrogen-bond donors (Lipinski definition) is 1. The fraction of sp³-hybridized carbons (Fsp3) is 0.571. The molecule has 0 bridgehead atoms. The van der Waals surface area contributed by atoms with Gasteiger partial charge in [0.25, 0.3) is 0 Å². The molecule has 0 saturated heterocycles. The van der Waals surface area contributed by atoms with Crippen LogP contribution in [-0.2, 0) is 4.79 Å². The first-order valence-corrected chi connectivity index (χ1v) is 6.58. The Morgan fingerprint density at radius 2 is 2.17 bits per heavy atom.